The molecular weight excluding hydrogens is 805 g/mol. The van der Waals surface area contributed by atoms with Crippen LogP contribution in [0.1, 0.15) is 130 Å². The number of benzene rings is 6. The molecule has 0 amide bonds. The van der Waals surface area contributed by atoms with Crippen LogP contribution in [0.5, 0.6) is 11.5 Å². The molecule has 0 N–H and O–H groups in total. The minimum atomic E-state index is -0.174. The number of anilines is 4. The summed E-state index contributed by atoms with van der Waals surface area (Å²) in [7, 11) is 0. The van der Waals surface area contributed by atoms with E-state index in [2.05, 4.69) is 251 Å². The number of fused-ring (bicyclic) bond motifs is 4. The fourth-order valence-electron chi connectivity index (χ4n) is 9.60. The SMILES string of the molecule is CC(C)(C)c1cc(Oc2cc(C(C)(C)C)c3c4ccccc4n(-c4cc(C(C)(C)C)ccn4)c3c2)cc(N2CN(c3cccc(C(C)(C)c4ccccc4)c3)c3ccc(C(C)(C)C)cc32)c1. The molecule has 0 radical (unpaired) electrons. The summed E-state index contributed by atoms with van der Waals surface area (Å²) in [5.74, 6) is 2.52. The molecule has 338 valence electrons. The summed E-state index contributed by atoms with van der Waals surface area (Å²) in [6, 6.07) is 51.5. The number of ether oxygens (including phenoxy) is 1. The predicted octanol–water partition coefficient (Wildman–Crippen LogP) is 16.7. The largest absolute Gasteiger partial charge is 0.457 e. The van der Waals surface area contributed by atoms with E-state index in [4.69, 9.17) is 9.72 Å². The van der Waals surface area contributed by atoms with Gasteiger partial charge in [0, 0.05) is 45.9 Å². The van der Waals surface area contributed by atoms with Gasteiger partial charge in [0.15, 0.2) is 0 Å². The summed E-state index contributed by atoms with van der Waals surface area (Å²) >= 11 is 0. The van der Waals surface area contributed by atoms with Gasteiger partial charge in [-0.05, 0) is 116 Å². The molecule has 5 nitrogen and oxygen atoms in total. The van der Waals surface area contributed by atoms with Gasteiger partial charge in [-0.3, -0.25) is 4.57 Å². The highest BCUT2D eigenvalue weighted by atomic mass is 16.5. The molecule has 0 saturated carbocycles. The average molecular weight is 873 g/mol. The van der Waals surface area contributed by atoms with Gasteiger partial charge < -0.3 is 14.5 Å². The van der Waals surface area contributed by atoms with Crippen LogP contribution in [-0.4, -0.2) is 16.2 Å². The van der Waals surface area contributed by atoms with Crippen molar-refractivity contribution >= 4 is 44.6 Å². The van der Waals surface area contributed by atoms with E-state index in [0.717, 1.165) is 34.0 Å². The second-order valence-corrected chi connectivity index (χ2v) is 23.2. The lowest BCUT2D eigenvalue weighted by Crippen LogP contribution is -2.25. The lowest BCUT2D eigenvalue weighted by atomic mass is 9.78. The number of pyridine rings is 1. The molecule has 2 aromatic heterocycles. The second-order valence-electron chi connectivity index (χ2n) is 23.2. The van der Waals surface area contributed by atoms with Crippen LogP contribution in [-0.2, 0) is 27.1 Å². The highest BCUT2D eigenvalue weighted by Gasteiger charge is 2.33. The molecular formula is C61H68N4O. The quantitative estimate of drug-likeness (QED) is 0.160. The number of aromatic nitrogens is 2. The first-order valence-electron chi connectivity index (χ1n) is 23.7. The third kappa shape index (κ3) is 8.27. The van der Waals surface area contributed by atoms with Crippen molar-refractivity contribution in [3.8, 4) is 17.3 Å². The van der Waals surface area contributed by atoms with Crippen molar-refractivity contribution < 1.29 is 4.74 Å². The zero-order chi connectivity index (χ0) is 47.1. The topological polar surface area (TPSA) is 33.5 Å². The van der Waals surface area contributed by atoms with Gasteiger partial charge in [0.2, 0.25) is 0 Å². The molecule has 0 fully saturated rings. The monoisotopic (exact) mass is 873 g/mol. The van der Waals surface area contributed by atoms with Crippen molar-refractivity contribution in [3.63, 3.8) is 0 Å². The lowest BCUT2D eigenvalue weighted by Gasteiger charge is -2.29. The van der Waals surface area contributed by atoms with Crippen molar-refractivity contribution in [1.82, 2.24) is 9.55 Å². The number of para-hydroxylation sites is 1. The minimum absolute atomic E-state index is 0.0231. The van der Waals surface area contributed by atoms with Crippen LogP contribution in [0, 0.1) is 0 Å². The van der Waals surface area contributed by atoms with Crippen LogP contribution in [0.25, 0.3) is 27.6 Å². The van der Waals surface area contributed by atoms with Crippen LogP contribution < -0.4 is 14.5 Å². The fourth-order valence-corrected chi connectivity index (χ4v) is 9.60. The van der Waals surface area contributed by atoms with Gasteiger partial charge in [-0.2, -0.15) is 0 Å². The summed E-state index contributed by atoms with van der Waals surface area (Å²) in [5, 5.41) is 2.45. The molecule has 0 spiro atoms. The van der Waals surface area contributed by atoms with Crippen LogP contribution in [0.3, 0.4) is 0 Å². The molecule has 9 rings (SSSR count). The molecule has 0 bridgehead atoms. The zero-order valence-electron chi connectivity index (χ0n) is 41.8. The molecule has 66 heavy (non-hydrogen) atoms. The molecule has 0 saturated heterocycles. The summed E-state index contributed by atoms with van der Waals surface area (Å²) in [4.78, 5) is 9.96. The number of nitrogens with zero attached hydrogens (tertiary/aromatic N) is 4. The third-order valence-electron chi connectivity index (χ3n) is 13.8. The van der Waals surface area contributed by atoms with Crippen molar-refractivity contribution in [3.05, 3.63) is 179 Å². The number of rotatable bonds is 7. The standard InChI is InChI=1S/C61H68N4O/c1-57(2,3)41-27-28-52-53(34-41)64(39-63(52)45-24-20-23-43(31-45)61(13,14)40-21-16-15-17-22-40)46-32-44(59(7,8)9)33-47(36-46)66-48-37-50(60(10,11)12)56-49-25-18-19-26-51(49)65(54(56)38-48)55-35-42(29-30-62-55)58(4,5)6/h15-38H,39H2,1-14H3. The van der Waals surface area contributed by atoms with E-state index in [9.17, 15) is 0 Å². The first-order valence-corrected chi connectivity index (χ1v) is 23.7. The maximum Gasteiger partial charge on any atom is 0.137 e. The number of hydrogen-bond donors (Lipinski definition) is 0. The Morgan fingerprint density at radius 3 is 1.76 bits per heavy atom. The van der Waals surface area contributed by atoms with Crippen LogP contribution in [0.15, 0.2) is 146 Å². The Labute approximate surface area is 394 Å². The second kappa shape index (κ2) is 15.9. The van der Waals surface area contributed by atoms with Crippen LogP contribution >= 0.6 is 0 Å². The summed E-state index contributed by atoms with van der Waals surface area (Å²) < 4.78 is 9.55. The van der Waals surface area contributed by atoms with Crippen molar-refractivity contribution in [2.45, 2.75) is 124 Å². The first kappa shape index (κ1) is 44.9. The Balaban J connectivity index is 1.19. The van der Waals surface area contributed by atoms with Gasteiger partial charge in [-0.1, -0.05) is 164 Å². The third-order valence-corrected chi connectivity index (χ3v) is 13.8. The summed E-state index contributed by atoms with van der Waals surface area (Å²) in [6.07, 6.45) is 1.95. The van der Waals surface area contributed by atoms with Crippen molar-refractivity contribution in [2.75, 3.05) is 16.5 Å². The smallest absolute Gasteiger partial charge is 0.137 e. The van der Waals surface area contributed by atoms with E-state index in [0.29, 0.717) is 6.67 Å². The Morgan fingerprint density at radius 1 is 0.439 bits per heavy atom. The van der Waals surface area contributed by atoms with E-state index >= 15 is 0 Å². The van der Waals surface area contributed by atoms with E-state index < -0.39 is 0 Å². The van der Waals surface area contributed by atoms with E-state index in [-0.39, 0.29) is 27.1 Å². The van der Waals surface area contributed by atoms with Gasteiger partial charge in [-0.15, -0.1) is 0 Å². The predicted molar refractivity (Wildman–Crippen MR) is 280 cm³/mol. The van der Waals surface area contributed by atoms with Gasteiger partial charge in [0.25, 0.3) is 0 Å². The maximum absolute atomic E-state index is 7.22. The molecule has 5 heteroatoms. The minimum Gasteiger partial charge on any atom is -0.457 e. The Bertz CT molecular complexity index is 3110. The van der Waals surface area contributed by atoms with Gasteiger partial charge >= 0.3 is 0 Å². The van der Waals surface area contributed by atoms with Gasteiger partial charge in [0.05, 0.1) is 22.4 Å². The van der Waals surface area contributed by atoms with Crippen molar-refractivity contribution in [1.29, 1.82) is 0 Å². The molecule has 1 aliphatic heterocycles. The zero-order valence-corrected chi connectivity index (χ0v) is 41.8. The average Bonchev–Trinajstić information content (AvgIpc) is 3.81. The highest BCUT2D eigenvalue weighted by Crippen LogP contribution is 2.49. The molecule has 1 aliphatic rings. The molecule has 8 aromatic rings. The Morgan fingerprint density at radius 2 is 1.06 bits per heavy atom. The van der Waals surface area contributed by atoms with Crippen LogP contribution in [0.4, 0.5) is 22.7 Å². The van der Waals surface area contributed by atoms with E-state index in [1.807, 2.05) is 6.20 Å². The lowest BCUT2D eigenvalue weighted by molar-refractivity contribution is 0.476. The normalized spacial score (nSPS) is 13.8. The maximum atomic E-state index is 7.22. The molecule has 0 unspecified atom stereocenters. The highest BCUT2D eigenvalue weighted by molar-refractivity contribution is 6.11. The number of hydrogen-bond acceptors (Lipinski definition) is 4. The molecule has 0 aliphatic carbocycles. The summed E-state index contributed by atoms with van der Waals surface area (Å²) in [5.41, 5.74) is 13.9. The molecule has 3 heterocycles. The Hall–Kier alpha value is -6.33. The first-order chi connectivity index (χ1) is 31.0. The van der Waals surface area contributed by atoms with Crippen molar-refractivity contribution in [2.24, 2.45) is 0 Å². The fraction of sp³-hybridized carbons (Fsp3) is 0.328. The molecule has 0 atom stereocenters. The van der Waals surface area contributed by atoms with E-state index in [1.54, 1.807) is 0 Å². The Kier molecular flexibility index (Phi) is 10.8. The van der Waals surface area contributed by atoms with Gasteiger partial charge in [0.1, 0.15) is 24.0 Å². The van der Waals surface area contributed by atoms with E-state index in [1.165, 1.54) is 61.2 Å². The van der Waals surface area contributed by atoms with Gasteiger partial charge in [-0.25, -0.2) is 4.98 Å². The van der Waals surface area contributed by atoms with Crippen LogP contribution in [0.2, 0.25) is 0 Å². The summed E-state index contributed by atoms with van der Waals surface area (Å²) in [6.45, 7) is 32.7. The molecule has 6 aromatic carbocycles.